The maximum atomic E-state index is 8.23. The second kappa shape index (κ2) is 2.60. The molecule has 3 heteroatoms. The fraction of sp³-hybridized carbons (Fsp3) is 0.167. The lowest BCUT2D eigenvalue weighted by Gasteiger charge is -1.83. The lowest BCUT2D eigenvalue weighted by Crippen LogP contribution is -1.63. The van der Waals surface area contributed by atoms with E-state index in [2.05, 4.69) is 0 Å². The van der Waals surface area contributed by atoms with Gasteiger partial charge < -0.3 is 4.42 Å². The lowest BCUT2D eigenvalue weighted by molar-refractivity contribution is 0.527. The fourth-order valence-electron chi connectivity index (χ4n) is 0.528. The van der Waals surface area contributed by atoms with Crippen molar-refractivity contribution in [2.45, 2.75) is 11.8 Å². The minimum Gasteiger partial charge on any atom is -0.468 e. The molecule has 0 unspecified atom stereocenters. The number of furan rings is 1. The van der Waals surface area contributed by atoms with Crippen LogP contribution in [0.1, 0.15) is 5.76 Å². The Morgan fingerprint density at radius 3 is 3.00 bits per heavy atom. The normalized spacial score (nSPS) is 8.89. The summed E-state index contributed by atoms with van der Waals surface area (Å²) < 4.78 is 4.95. The van der Waals surface area contributed by atoms with Gasteiger partial charge in [-0.25, -0.2) is 0 Å². The second-order valence-electron chi connectivity index (χ2n) is 1.53. The molecule has 1 aromatic rings. The first-order valence-corrected chi connectivity index (χ1v) is 3.26. The van der Waals surface area contributed by atoms with Gasteiger partial charge in [0.25, 0.3) is 0 Å². The highest BCUT2D eigenvalue weighted by Gasteiger charge is 1.98. The molecule has 0 spiro atoms. The third kappa shape index (κ3) is 1.27. The summed E-state index contributed by atoms with van der Waals surface area (Å²) in [5, 5.41) is 10.2. The van der Waals surface area contributed by atoms with Crippen molar-refractivity contribution < 1.29 is 4.42 Å². The molecule has 0 aromatic carbocycles. The Balaban J connectivity index is 2.84. The number of aryl methyl sites for hydroxylation is 1. The molecule has 1 heterocycles. The number of thioether (sulfide) groups is 1. The van der Waals surface area contributed by atoms with Crippen molar-refractivity contribution >= 4 is 11.8 Å². The van der Waals surface area contributed by atoms with E-state index < -0.39 is 0 Å². The van der Waals surface area contributed by atoms with Crippen LogP contribution in [0.15, 0.2) is 21.6 Å². The molecule has 2 nitrogen and oxygen atoms in total. The molecule has 46 valence electrons. The number of nitriles is 1. The molecule has 0 saturated carbocycles. The topological polar surface area (TPSA) is 36.9 Å². The molecule has 0 aliphatic rings. The van der Waals surface area contributed by atoms with Crippen molar-refractivity contribution in [3.63, 3.8) is 0 Å². The minimum atomic E-state index is 0.807. The summed E-state index contributed by atoms with van der Waals surface area (Å²) >= 11 is 1.12. The van der Waals surface area contributed by atoms with Crippen LogP contribution >= 0.6 is 11.8 Å². The molecular weight excluding hydrogens is 134 g/mol. The zero-order chi connectivity index (χ0) is 6.69. The summed E-state index contributed by atoms with van der Waals surface area (Å²) in [5.41, 5.74) is 0. The molecule has 0 bridgehead atoms. The molecule has 0 saturated heterocycles. The molecular formula is C6H5NOS. The standard InChI is InChI=1S/C6H5NOS/c1-5-6(9-4-7)2-3-8-5/h2-3H,1H3. The van der Waals surface area contributed by atoms with Crippen LogP contribution < -0.4 is 0 Å². The Labute approximate surface area is 57.5 Å². The Morgan fingerprint density at radius 2 is 2.56 bits per heavy atom. The van der Waals surface area contributed by atoms with E-state index in [9.17, 15) is 0 Å². The first-order chi connectivity index (χ1) is 4.34. The molecule has 1 aromatic heterocycles. The predicted molar refractivity (Wildman–Crippen MR) is 34.9 cm³/mol. The molecule has 0 amide bonds. The summed E-state index contributed by atoms with van der Waals surface area (Å²) in [6, 6.07) is 1.78. The van der Waals surface area contributed by atoms with Gasteiger partial charge in [-0.1, -0.05) is 0 Å². The molecule has 0 N–H and O–H groups in total. The Morgan fingerprint density at radius 1 is 1.78 bits per heavy atom. The van der Waals surface area contributed by atoms with E-state index in [4.69, 9.17) is 9.68 Å². The summed E-state index contributed by atoms with van der Waals surface area (Å²) in [6.07, 6.45) is 1.58. The van der Waals surface area contributed by atoms with Crippen LogP contribution in [0.5, 0.6) is 0 Å². The maximum absolute atomic E-state index is 8.23. The number of nitrogens with zero attached hydrogens (tertiary/aromatic N) is 1. The third-order valence-corrected chi connectivity index (χ3v) is 1.70. The van der Waals surface area contributed by atoms with E-state index in [1.54, 1.807) is 12.3 Å². The lowest BCUT2D eigenvalue weighted by atomic mass is 10.5. The quantitative estimate of drug-likeness (QED) is 0.442. The van der Waals surface area contributed by atoms with Gasteiger partial charge in [0.1, 0.15) is 11.2 Å². The summed E-state index contributed by atoms with van der Waals surface area (Å²) in [6.45, 7) is 1.83. The van der Waals surface area contributed by atoms with Gasteiger partial charge in [0.05, 0.1) is 11.2 Å². The van der Waals surface area contributed by atoms with E-state index >= 15 is 0 Å². The zero-order valence-electron chi connectivity index (χ0n) is 4.92. The van der Waals surface area contributed by atoms with Crippen molar-refractivity contribution in [2.24, 2.45) is 0 Å². The maximum Gasteiger partial charge on any atom is 0.138 e. The number of thiocyanates is 1. The summed E-state index contributed by atoms with van der Waals surface area (Å²) in [4.78, 5) is 0.900. The average Bonchev–Trinajstić information content (AvgIpc) is 2.18. The van der Waals surface area contributed by atoms with Gasteiger partial charge in [0.2, 0.25) is 0 Å². The highest BCUT2D eigenvalue weighted by atomic mass is 32.2. The van der Waals surface area contributed by atoms with Crippen LogP contribution in [-0.2, 0) is 0 Å². The minimum absolute atomic E-state index is 0.807. The van der Waals surface area contributed by atoms with E-state index in [0.717, 1.165) is 22.4 Å². The monoisotopic (exact) mass is 139 g/mol. The number of hydrogen-bond donors (Lipinski definition) is 0. The van der Waals surface area contributed by atoms with Gasteiger partial charge >= 0.3 is 0 Å². The van der Waals surface area contributed by atoms with Crippen molar-refractivity contribution in [3.05, 3.63) is 18.1 Å². The van der Waals surface area contributed by atoms with Gasteiger partial charge in [0, 0.05) is 0 Å². The average molecular weight is 139 g/mol. The summed E-state index contributed by atoms with van der Waals surface area (Å²) in [5.74, 6) is 0.807. The third-order valence-electron chi connectivity index (χ3n) is 0.967. The highest BCUT2D eigenvalue weighted by Crippen LogP contribution is 2.21. The molecule has 0 fully saturated rings. The zero-order valence-corrected chi connectivity index (χ0v) is 5.73. The smallest absolute Gasteiger partial charge is 0.138 e. The molecule has 0 atom stereocenters. The molecule has 0 aliphatic carbocycles. The molecule has 0 radical (unpaired) electrons. The van der Waals surface area contributed by atoms with Gasteiger partial charge in [-0.2, -0.15) is 5.26 Å². The highest BCUT2D eigenvalue weighted by molar-refractivity contribution is 8.03. The van der Waals surface area contributed by atoms with E-state index in [-0.39, 0.29) is 0 Å². The Kier molecular flexibility index (Phi) is 1.81. The first-order valence-electron chi connectivity index (χ1n) is 2.44. The fourth-order valence-corrected chi connectivity index (χ4v) is 0.942. The van der Waals surface area contributed by atoms with E-state index in [1.807, 2.05) is 12.3 Å². The molecule has 9 heavy (non-hydrogen) atoms. The van der Waals surface area contributed by atoms with Crippen LogP contribution in [0.25, 0.3) is 0 Å². The second-order valence-corrected chi connectivity index (χ2v) is 2.36. The van der Waals surface area contributed by atoms with Crippen molar-refractivity contribution in [1.29, 1.82) is 5.26 Å². The van der Waals surface area contributed by atoms with Crippen LogP contribution in [0, 0.1) is 17.6 Å². The van der Waals surface area contributed by atoms with E-state index in [1.165, 1.54) is 0 Å². The number of rotatable bonds is 1. The van der Waals surface area contributed by atoms with Gasteiger partial charge in [-0.3, -0.25) is 0 Å². The van der Waals surface area contributed by atoms with Crippen molar-refractivity contribution in [2.75, 3.05) is 0 Å². The van der Waals surface area contributed by atoms with Crippen molar-refractivity contribution in [1.82, 2.24) is 0 Å². The van der Waals surface area contributed by atoms with Crippen LogP contribution in [0.2, 0.25) is 0 Å². The Hall–Kier alpha value is -0.880. The first kappa shape index (κ1) is 6.24. The SMILES string of the molecule is Cc1occc1SC#N. The van der Waals surface area contributed by atoms with Crippen LogP contribution in [-0.4, -0.2) is 0 Å². The van der Waals surface area contributed by atoms with Crippen molar-refractivity contribution in [3.8, 4) is 5.40 Å². The van der Waals surface area contributed by atoms with Crippen LogP contribution in [0.3, 0.4) is 0 Å². The summed E-state index contributed by atoms with van der Waals surface area (Å²) in [7, 11) is 0. The molecule has 1 rings (SSSR count). The van der Waals surface area contributed by atoms with Crippen LogP contribution in [0.4, 0.5) is 0 Å². The van der Waals surface area contributed by atoms with Gasteiger partial charge in [-0.15, -0.1) is 0 Å². The van der Waals surface area contributed by atoms with Gasteiger partial charge in [-0.05, 0) is 24.8 Å². The van der Waals surface area contributed by atoms with E-state index in [0.29, 0.717) is 0 Å². The largest absolute Gasteiger partial charge is 0.468 e. The molecule has 0 aliphatic heterocycles. The number of hydrogen-bond acceptors (Lipinski definition) is 3. The van der Waals surface area contributed by atoms with Gasteiger partial charge in [0.15, 0.2) is 0 Å². The Bertz CT molecular complexity index is 235. The predicted octanol–water partition coefficient (Wildman–Crippen LogP) is 2.16.